The van der Waals surface area contributed by atoms with Gasteiger partial charge in [0.25, 0.3) is 5.91 Å². The van der Waals surface area contributed by atoms with E-state index in [4.69, 9.17) is 0 Å². The van der Waals surface area contributed by atoms with Gasteiger partial charge in [0.2, 0.25) is 0 Å². The molecule has 3 amide bonds. The third kappa shape index (κ3) is 4.81. The van der Waals surface area contributed by atoms with Crippen LogP contribution < -0.4 is 5.32 Å². The van der Waals surface area contributed by atoms with Crippen molar-refractivity contribution in [2.24, 2.45) is 0 Å². The summed E-state index contributed by atoms with van der Waals surface area (Å²) in [5, 5.41) is 2.39. The number of halogens is 2. The summed E-state index contributed by atoms with van der Waals surface area (Å²) in [5.41, 5.74) is -0.570. The summed E-state index contributed by atoms with van der Waals surface area (Å²) < 4.78 is 27.8. The van der Waals surface area contributed by atoms with Gasteiger partial charge in [0.05, 0.1) is 6.54 Å². The average Bonchev–Trinajstić information content (AvgIpc) is 2.97. The number of aryl methyl sites for hydroxylation is 1. The second-order valence-corrected chi connectivity index (χ2v) is 8.00. The zero-order valence-corrected chi connectivity index (χ0v) is 17.7. The molecule has 0 spiro atoms. The lowest BCUT2D eigenvalue weighted by Crippen LogP contribution is -2.42. The lowest BCUT2D eigenvalue weighted by Gasteiger charge is -2.22. The van der Waals surface area contributed by atoms with Gasteiger partial charge in [0.1, 0.15) is 17.2 Å². The molecule has 0 saturated carbocycles. The minimum Gasteiger partial charge on any atom is -0.319 e. The molecule has 0 bridgehead atoms. The smallest absolute Gasteiger partial charge is 0.319 e. The number of carbonyl (C=O) groups is 3. The number of hydrogen-bond donors (Lipinski definition) is 1. The molecule has 1 unspecified atom stereocenters. The van der Waals surface area contributed by atoms with Crippen molar-refractivity contribution in [2.45, 2.75) is 51.5 Å². The van der Waals surface area contributed by atoms with Crippen LogP contribution in [0.3, 0.4) is 0 Å². The van der Waals surface area contributed by atoms with E-state index in [-0.39, 0.29) is 5.56 Å². The van der Waals surface area contributed by atoms with Crippen molar-refractivity contribution < 1.29 is 23.2 Å². The summed E-state index contributed by atoms with van der Waals surface area (Å²) in [4.78, 5) is 38.7. The fourth-order valence-corrected chi connectivity index (χ4v) is 3.75. The molecule has 0 aromatic heterocycles. The molecule has 5 nitrogen and oxygen atoms in total. The fourth-order valence-electron chi connectivity index (χ4n) is 3.75. The van der Waals surface area contributed by atoms with E-state index in [1.54, 1.807) is 12.1 Å². The van der Waals surface area contributed by atoms with Crippen molar-refractivity contribution in [1.82, 2.24) is 10.2 Å². The summed E-state index contributed by atoms with van der Waals surface area (Å²) in [6.07, 6.45) is 5.54. The number of Topliss-reactive ketones (excluding diaryl/α,β-unsaturated/α-hetero) is 1. The van der Waals surface area contributed by atoms with E-state index in [0.29, 0.717) is 5.56 Å². The molecule has 31 heavy (non-hydrogen) atoms. The largest absolute Gasteiger partial charge is 0.325 e. The molecule has 1 atom stereocenters. The van der Waals surface area contributed by atoms with Crippen LogP contribution in [0.25, 0.3) is 0 Å². The molecule has 2 aromatic rings. The highest BCUT2D eigenvalue weighted by atomic mass is 19.1. The third-order valence-electron chi connectivity index (χ3n) is 5.64. The van der Waals surface area contributed by atoms with Gasteiger partial charge in [-0.05, 0) is 43.5 Å². The lowest BCUT2D eigenvalue weighted by molar-refractivity contribution is -0.130. The van der Waals surface area contributed by atoms with E-state index < -0.39 is 41.4 Å². The van der Waals surface area contributed by atoms with Crippen molar-refractivity contribution in [3.63, 3.8) is 0 Å². The van der Waals surface area contributed by atoms with Crippen molar-refractivity contribution in [2.75, 3.05) is 6.54 Å². The molecular weight excluding hydrogens is 402 g/mol. The van der Waals surface area contributed by atoms with Crippen LogP contribution in [0.1, 0.15) is 61.0 Å². The number of amides is 3. The first-order valence-corrected chi connectivity index (χ1v) is 10.5. The SMILES string of the molecule is CCCCCCc1ccc(C(=O)CN2C(=O)NC(C)(c3cc(F)ccc3F)C2=O)cc1. The molecule has 1 fully saturated rings. The Morgan fingerprint density at radius 1 is 1.03 bits per heavy atom. The van der Waals surface area contributed by atoms with Crippen LogP contribution >= 0.6 is 0 Å². The highest BCUT2D eigenvalue weighted by molar-refractivity contribution is 6.11. The zero-order valence-electron chi connectivity index (χ0n) is 17.7. The van der Waals surface area contributed by atoms with E-state index in [9.17, 15) is 23.2 Å². The van der Waals surface area contributed by atoms with Crippen LogP contribution in [-0.4, -0.2) is 29.2 Å². The minimum atomic E-state index is -1.79. The van der Waals surface area contributed by atoms with Gasteiger partial charge in [0.15, 0.2) is 5.78 Å². The number of nitrogens with zero attached hydrogens (tertiary/aromatic N) is 1. The quantitative estimate of drug-likeness (QED) is 0.357. The van der Waals surface area contributed by atoms with Gasteiger partial charge in [-0.2, -0.15) is 0 Å². The molecule has 1 N–H and O–H groups in total. The van der Waals surface area contributed by atoms with Crippen molar-refractivity contribution in [3.05, 3.63) is 70.8 Å². The van der Waals surface area contributed by atoms with Crippen molar-refractivity contribution >= 4 is 17.7 Å². The van der Waals surface area contributed by atoms with Crippen LogP contribution in [0.5, 0.6) is 0 Å². The van der Waals surface area contributed by atoms with Gasteiger partial charge in [0, 0.05) is 11.1 Å². The lowest BCUT2D eigenvalue weighted by atomic mass is 9.91. The summed E-state index contributed by atoms with van der Waals surface area (Å²) in [5.74, 6) is -2.77. The summed E-state index contributed by atoms with van der Waals surface area (Å²) in [6, 6.07) is 8.98. The number of nitrogens with one attached hydrogen (secondary N) is 1. The van der Waals surface area contributed by atoms with Crippen molar-refractivity contribution in [3.8, 4) is 0 Å². The maximum Gasteiger partial charge on any atom is 0.325 e. The average molecular weight is 428 g/mol. The van der Waals surface area contributed by atoms with Gasteiger partial charge < -0.3 is 5.32 Å². The molecule has 0 aliphatic carbocycles. The fraction of sp³-hybridized carbons (Fsp3) is 0.375. The first-order chi connectivity index (χ1) is 14.8. The Hall–Kier alpha value is -3.09. The molecular formula is C24H26F2N2O3. The number of hydrogen-bond acceptors (Lipinski definition) is 3. The predicted octanol–water partition coefficient (Wildman–Crippen LogP) is 4.74. The number of imide groups is 1. The first kappa shape index (κ1) is 22.6. The minimum absolute atomic E-state index is 0.284. The Labute approximate surface area is 180 Å². The molecule has 1 saturated heterocycles. The standard InChI is InChI=1S/C24H26F2N2O3/c1-3-4-5-6-7-16-8-10-17(11-9-16)21(29)15-28-22(30)24(2,27-23(28)31)19-14-18(25)12-13-20(19)26/h8-14H,3-7,15H2,1-2H3,(H,27,31). The molecule has 1 aliphatic rings. The van der Waals surface area contributed by atoms with E-state index in [2.05, 4.69) is 12.2 Å². The molecule has 0 radical (unpaired) electrons. The predicted molar refractivity (Wildman–Crippen MR) is 113 cm³/mol. The highest BCUT2D eigenvalue weighted by Crippen LogP contribution is 2.31. The Kier molecular flexibility index (Phi) is 6.83. The number of ketones is 1. The van der Waals surface area contributed by atoms with Gasteiger partial charge >= 0.3 is 6.03 Å². The topological polar surface area (TPSA) is 66.5 Å². The summed E-state index contributed by atoms with van der Waals surface area (Å²) in [6.45, 7) is 2.97. The monoisotopic (exact) mass is 428 g/mol. The molecule has 7 heteroatoms. The Morgan fingerprint density at radius 2 is 1.74 bits per heavy atom. The molecule has 1 heterocycles. The first-order valence-electron chi connectivity index (χ1n) is 10.5. The number of rotatable bonds is 9. The Morgan fingerprint density at radius 3 is 2.42 bits per heavy atom. The number of carbonyl (C=O) groups excluding carboxylic acids is 3. The molecule has 164 valence electrons. The van der Waals surface area contributed by atoms with Crippen LogP contribution in [0.15, 0.2) is 42.5 Å². The van der Waals surface area contributed by atoms with Crippen LogP contribution in [0.2, 0.25) is 0 Å². The number of urea groups is 1. The normalized spacial score (nSPS) is 18.4. The maximum absolute atomic E-state index is 14.2. The van der Waals surface area contributed by atoms with Crippen molar-refractivity contribution in [1.29, 1.82) is 0 Å². The zero-order chi connectivity index (χ0) is 22.6. The van der Waals surface area contributed by atoms with Gasteiger partial charge in [-0.15, -0.1) is 0 Å². The molecule has 2 aromatic carbocycles. The van der Waals surface area contributed by atoms with E-state index in [0.717, 1.165) is 47.9 Å². The van der Waals surface area contributed by atoms with E-state index in [1.165, 1.54) is 19.8 Å². The van der Waals surface area contributed by atoms with Gasteiger partial charge in [-0.25, -0.2) is 13.6 Å². The second kappa shape index (κ2) is 9.37. The highest BCUT2D eigenvalue weighted by Gasteiger charge is 2.50. The Balaban J connectivity index is 1.69. The molecule has 1 aliphatic heterocycles. The number of benzene rings is 2. The van der Waals surface area contributed by atoms with Gasteiger partial charge in [-0.3, -0.25) is 14.5 Å². The van der Waals surface area contributed by atoms with Crippen LogP contribution in [-0.2, 0) is 16.8 Å². The third-order valence-corrected chi connectivity index (χ3v) is 5.64. The van der Waals surface area contributed by atoms with Gasteiger partial charge in [-0.1, -0.05) is 50.5 Å². The van der Waals surface area contributed by atoms with E-state index >= 15 is 0 Å². The van der Waals surface area contributed by atoms with Crippen LogP contribution in [0.4, 0.5) is 13.6 Å². The van der Waals surface area contributed by atoms with Crippen LogP contribution in [0, 0.1) is 11.6 Å². The maximum atomic E-state index is 14.2. The number of unbranched alkanes of at least 4 members (excludes halogenated alkanes) is 3. The summed E-state index contributed by atoms with van der Waals surface area (Å²) in [7, 11) is 0. The second-order valence-electron chi connectivity index (χ2n) is 8.00. The summed E-state index contributed by atoms with van der Waals surface area (Å²) >= 11 is 0. The Bertz CT molecular complexity index is 991. The molecule has 3 rings (SSSR count). The van der Waals surface area contributed by atoms with E-state index in [1.807, 2.05) is 12.1 Å².